The van der Waals surface area contributed by atoms with Crippen LogP contribution in [0.4, 0.5) is 5.69 Å². The summed E-state index contributed by atoms with van der Waals surface area (Å²) in [5.41, 5.74) is 2.54. The van der Waals surface area contributed by atoms with Crippen molar-refractivity contribution in [3.63, 3.8) is 0 Å². The van der Waals surface area contributed by atoms with E-state index in [0.717, 1.165) is 11.8 Å². The fourth-order valence-electron chi connectivity index (χ4n) is 3.66. The minimum atomic E-state index is -4.04. The first kappa shape index (κ1) is 23.3. The summed E-state index contributed by atoms with van der Waals surface area (Å²) in [6.45, 7) is 0.932. The van der Waals surface area contributed by atoms with Gasteiger partial charge in [0.15, 0.2) is 9.84 Å². The monoisotopic (exact) mass is 504 g/mol. The van der Waals surface area contributed by atoms with Crippen molar-refractivity contribution in [3.8, 4) is 0 Å². The van der Waals surface area contributed by atoms with Gasteiger partial charge in [0.2, 0.25) is 0 Å². The number of amides is 1. The molecule has 3 aromatic carbocycles. The van der Waals surface area contributed by atoms with E-state index in [1.165, 1.54) is 48.0 Å². The van der Waals surface area contributed by atoms with Gasteiger partial charge >= 0.3 is 0 Å². The average molecular weight is 505 g/mol. The SMILES string of the molecule is CS(=O)(=O)c1ccc(NS(=O)(=O)c2ccc(Cl)c(C(=O)N3CCc4ccccc4C3)c2)cc1. The van der Waals surface area contributed by atoms with Gasteiger partial charge in [0.1, 0.15) is 0 Å². The molecule has 0 saturated heterocycles. The van der Waals surface area contributed by atoms with Crippen LogP contribution in [0.3, 0.4) is 0 Å². The van der Waals surface area contributed by atoms with Crippen molar-refractivity contribution < 1.29 is 21.6 Å². The maximum Gasteiger partial charge on any atom is 0.261 e. The molecule has 1 N–H and O–H groups in total. The standard InChI is InChI=1S/C23H21ClN2O5S2/c1-32(28,29)19-8-6-18(7-9-19)25-33(30,31)20-10-11-22(24)21(14-20)23(27)26-13-12-16-4-2-3-5-17(16)15-26/h2-11,14,25H,12-13,15H2,1H3. The summed E-state index contributed by atoms with van der Waals surface area (Å²) in [7, 11) is -7.44. The fourth-order valence-corrected chi connectivity index (χ4v) is 5.57. The second kappa shape index (κ2) is 8.81. The van der Waals surface area contributed by atoms with E-state index in [4.69, 9.17) is 11.6 Å². The molecule has 10 heteroatoms. The molecule has 0 spiro atoms. The molecule has 1 heterocycles. The highest BCUT2D eigenvalue weighted by atomic mass is 35.5. The molecular weight excluding hydrogens is 484 g/mol. The van der Waals surface area contributed by atoms with E-state index in [2.05, 4.69) is 4.72 Å². The van der Waals surface area contributed by atoms with Gasteiger partial charge in [-0.3, -0.25) is 9.52 Å². The van der Waals surface area contributed by atoms with Crippen LogP contribution in [0.2, 0.25) is 5.02 Å². The largest absolute Gasteiger partial charge is 0.334 e. The zero-order valence-corrected chi connectivity index (χ0v) is 20.0. The highest BCUT2D eigenvalue weighted by Crippen LogP contribution is 2.27. The van der Waals surface area contributed by atoms with Gasteiger partial charge in [-0.2, -0.15) is 0 Å². The molecule has 3 aromatic rings. The number of benzene rings is 3. The molecule has 0 radical (unpaired) electrons. The van der Waals surface area contributed by atoms with E-state index in [1.807, 2.05) is 24.3 Å². The zero-order valence-electron chi connectivity index (χ0n) is 17.7. The van der Waals surface area contributed by atoms with Crippen LogP contribution in [0.5, 0.6) is 0 Å². The minimum absolute atomic E-state index is 0.0768. The molecule has 1 aliphatic heterocycles. The van der Waals surface area contributed by atoms with E-state index in [0.29, 0.717) is 19.5 Å². The first-order chi connectivity index (χ1) is 15.5. The molecule has 1 amide bonds. The predicted octanol–water partition coefficient (Wildman–Crippen LogP) is 3.74. The number of nitrogens with one attached hydrogen (secondary N) is 1. The summed E-state index contributed by atoms with van der Waals surface area (Å²) in [6, 6.07) is 17.2. The molecule has 0 saturated carbocycles. The highest BCUT2D eigenvalue weighted by Gasteiger charge is 2.25. The Kier molecular flexibility index (Phi) is 6.22. The van der Waals surface area contributed by atoms with Crippen LogP contribution in [0.15, 0.2) is 76.5 Å². The van der Waals surface area contributed by atoms with E-state index < -0.39 is 19.9 Å². The smallest absolute Gasteiger partial charge is 0.261 e. The van der Waals surface area contributed by atoms with Crippen molar-refractivity contribution in [2.75, 3.05) is 17.5 Å². The van der Waals surface area contributed by atoms with Gasteiger partial charge in [0.25, 0.3) is 15.9 Å². The number of sulfonamides is 1. The maximum absolute atomic E-state index is 13.2. The van der Waals surface area contributed by atoms with Crippen LogP contribution in [0.25, 0.3) is 0 Å². The van der Waals surface area contributed by atoms with Crippen LogP contribution in [0.1, 0.15) is 21.5 Å². The molecule has 0 aromatic heterocycles. The zero-order chi connectivity index (χ0) is 23.8. The van der Waals surface area contributed by atoms with Gasteiger partial charge in [0, 0.05) is 25.0 Å². The average Bonchev–Trinajstić information content (AvgIpc) is 2.78. The summed E-state index contributed by atoms with van der Waals surface area (Å²) in [5, 5.41) is 0.162. The lowest BCUT2D eigenvalue weighted by Gasteiger charge is -2.29. The third-order valence-electron chi connectivity index (χ3n) is 5.43. The molecule has 172 valence electrons. The van der Waals surface area contributed by atoms with E-state index in [9.17, 15) is 21.6 Å². The summed E-state index contributed by atoms with van der Waals surface area (Å²) in [4.78, 5) is 14.8. The lowest BCUT2D eigenvalue weighted by molar-refractivity contribution is 0.0734. The predicted molar refractivity (Wildman–Crippen MR) is 127 cm³/mol. The van der Waals surface area contributed by atoms with Crippen molar-refractivity contribution in [2.45, 2.75) is 22.8 Å². The van der Waals surface area contributed by atoms with Crippen molar-refractivity contribution >= 4 is 43.1 Å². The molecule has 7 nitrogen and oxygen atoms in total. The lowest BCUT2D eigenvalue weighted by Crippen LogP contribution is -2.36. The van der Waals surface area contributed by atoms with Gasteiger partial charge in [0.05, 0.1) is 20.4 Å². The Bertz CT molecular complexity index is 1440. The number of halogens is 1. The normalized spacial score (nSPS) is 13.9. The minimum Gasteiger partial charge on any atom is -0.334 e. The fraction of sp³-hybridized carbons (Fsp3) is 0.174. The quantitative estimate of drug-likeness (QED) is 0.570. The second-order valence-electron chi connectivity index (χ2n) is 7.79. The number of hydrogen-bond donors (Lipinski definition) is 1. The van der Waals surface area contributed by atoms with Crippen molar-refractivity contribution in [2.24, 2.45) is 0 Å². The molecule has 4 rings (SSSR count). The third kappa shape index (κ3) is 5.05. The second-order valence-corrected chi connectivity index (χ2v) is 11.9. The van der Waals surface area contributed by atoms with Crippen molar-refractivity contribution in [1.29, 1.82) is 0 Å². The summed E-state index contributed by atoms with van der Waals surface area (Å²) >= 11 is 6.26. The summed E-state index contributed by atoms with van der Waals surface area (Å²) in [5.74, 6) is -0.343. The van der Waals surface area contributed by atoms with Gasteiger partial charge < -0.3 is 4.90 Å². The van der Waals surface area contributed by atoms with Gasteiger partial charge in [-0.1, -0.05) is 35.9 Å². The lowest BCUT2D eigenvalue weighted by atomic mass is 9.99. The topological polar surface area (TPSA) is 101 Å². The summed E-state index contributed by atoms with van der Waals surface area (Å²) < 4.78 is 51.4. The molecule has 33 heavy (non-hydrogen) atoms. The maximum atomic E-state index is 13.2. The molecule has 0 bridgehead atoms. The van der Waals surface area contributed by atoms with Crippen LogP contribution >= 0.6 is 11.6 Å². The number of rotatable bonds is 5. The van der Waals surface area contributed by atoms with Crippen molar-refractivity contribution in [3.05, 3.63) is 88.4 Å². The Hall–Kier alpha value is -2.88. The van der Waals surface area contributed by atoms with Crippen LogP contribution in [-0.2, 0) is 32.8 Å². The number of fused-ring (bicyclic) bond motifs is 1. The Morgan fingerprint density at radius 2 is 1.55 bits per heavy atom. The van der Waals surface area contributed by atoms with Crippen molar-refractivity contribution in [1.82, 2.24) is 4.90 Å². The Labute approximate surface area is 198 Å². The summed E-state index contributed by atoms with van der Waals surface area (Å²) in [6.07, 6.45) is 1.78. The Balaban J connectivity index is 1.58. The number of anilines is 1. The number of carbonyl (C=O) groups is 1. The first-order valence-corrected chi connectivity index (χ1v) is 13.8. The Morgan fingerprint density at radius 1 is 0.909 bits per heavy atom. The number of sulfone groups is 1. The molecule has 0 unspecified atom stereocenters. The molecule has 0 atom stereocenters. The van der Waals surface area contributed by atoms with Crippen LogP contribution in [-0.4, -0.2) is 40.4 Å². The van der Waals surface area contributed by atoms with Gasteiger partial charge in [-0.05, 0) is 60.0 Å². The van der Waals surface area contributed by atoms with Gasteiger partial charge in [-0.15, -0.1) is 0 Å². The first-order valence-electron chi connectivity index (χ1n) is 10.0. The number of carbonyl (C=O) groups excluding carboxylic acids is 1. The van der Waals surface area contributed by atoms with Crippen LogP contribution in [0, 0.1) is 0 Å². The number of hydrogen-bond acceptors (Lipinski definition) is 5. The molecule has 1 aliphatic rings. The Morgan fingerprint density at radius 3 is 2.21 bits per heavy atom. The van der Waals surface area contributed by atoms with E-state index >= 15 is 0 Å². The molecule has 0 fully saturated rings. The third-order valence-corrected chi connectivity index (χ3v) is 8.27. The molecule has 0 aliphatic carbocycles. The van der Waals surface area contributed by atoms with E-state index in [1.54, 1.807) is 4.90 Å². The molecular formula is C23H21ClN2O5S2. The highest BCUT2D eigenvalue weighted by molar-refractivity contribution is 7.92. The van der Waals surface area contributed by atoms with E-state index in [-0.39, 0.29) is 32.0 Å². The number of nitrogens with zero attached hydrogens (tertiary/aromatic N) is 1. The van der Waals surface area contributed by atoms with Gasteiger partial charge in [-0.25, -0.2) is 16.8 Å². The van der Waals surface area contributed by atoms with Crippen LogP contribution < -0.4 is 4.72 Å².